The molecule has 46 heavy (non-hydrogen) atoms. The number of hydrogen-bond donors (Lipinski definition) is 0. The molecule has 1 amide bonds. The van der Waals surface area contributed by atoms with Gasteiger partial charge < -0.3 is 24.0 Å². The standard InChI is InChI=1S/C36H44F2N4O4/c1-35(2,3)46-34(43)41-13-9-24-16-26(23-7-10-36(11-8-23)44-14-15-45-36)18-32(30(24)22-41)42-12-5-6-25-17-28(27-20-39-40(4)21-27)29(33(37)38)19-31(25)42/h16-21,23,33H,5-15,22H2,1-4H3. The number of aromatic nitrogens is 2. The first-order valence-electron chi connectivity index (χ1n) is 16.6. The molecule has 0 atom stereocenters. The lowest BCUT2D eigenvalue weighted by Gasteiger charge is -2.39. The van der Waals surface area contributed by atoms with E-state index in [-0.39, 0.29) is 11.7 Å². The molecule has 4 heterocycles. The summed E-state index contributed by atoms with van der Waals surface area (Å²) < 4.78 is 48.8. The molecule has 3 aromatic rings. The summed E-state index contributed by atoms with van der Waals surface area (Å²) in [5, 5.41) is 4.24. The van der Waals surface area contributed by atoms with Gasteiger partial charge >= 0.3 is 6.09 Å². The lowest BCUT2D eigenvalue weighted by Crippen LogP contribution is -2.40. The third kappa shape index (κ3) is 6.01. The lowest BCUT2D eigenvalue weighted by molar-refractivity contribution is -0.178. The number of aryl methyl sites for hydroxylation is 2. The monoisotopic (exact) mass is 634 g/mol. The molecule has 0 radical (unpaired) electrons. The second-order valence-electron chi connectivity index (χ2n) is 14.2. The van der Waals surface area contributed by atoms with E-state index in [0.29, 0.717) is 56.3 Å². The maximum atomic E-state index is 14.7. The normalized spacial score (nSPS) is 19.9. The molecule has 10 heteroatoms. The van der Waals surface area contributed by atoms with Gasteiger partial charge in [-0.05, 0) is 105 Å². The Hall–Kier alpha value is -3.50. The Bertz CT molecular complexity index is 1610. The summed E-state index contributed by atoms with van der Waals surface area (Å²) in [6.45, 7) is 8.63. The first kappa shape index (κ1) is 31.1. The largest absolute Gasteiger partial charge is 0.444 e. The average Bonchev–Trinajstić information content (AvgIpc) is 3.67. The van der Waals surface area contributed by atoms with Gasteiger partial charge in [-0.2, -0.15) is 5.10 Å². The van der Waals surface area contributed by atoms with Crippen molar-refractivity contribution in [3.05, 3.63) is 64.5 Å². The van der Waals surface area contributed by atoms with Crippen molar-refractivity contribution >= 4 is 17.5 Å². The summed E-state index contributed by atoms with van der Waals surface area (Å²) >= 11 is 0. The zero-order chi connectivity index (χ0) is 32.2. The van der Waals surface area contributed by atoms with Crippen LogP contribution < -0.4 is 4.90 Å². The number of anilines is 2. The van der Waals surface area contributed by atoms with E-state index in [1.165, 1.54) is 11.1 Å². The minimum atomic E-state index is -2.64. The van der Waals surface area contributed by atoms with E-state index in [9.17, 15) is 13.6 Å². The van der Waals surface area contributed by atoms with Crippen LogP contribution in [0.2, 0.25) is 0 Å². The van der Waals surface area contributed by atoms with Crippen LogP contribution in [0.3, 0.4) is 0 Å². The number of nitrogens with zero attached hydrogens (tertiary/aromatic N) is 4. The van der Waals surface area contributed by atoms with Crippen molar-refractivity contribution in [2.45, 2.75) is 96.0 Å². The lowest BCUT2D eigenvalue weighted by atomic mass is 9.79. The average molecular weight is 635 g/mol. The number of ether oxygens (including phenoxy) is 3. The quantitative estimate of drug-likeness (QED) is 0.292. The summed E-state index contributed by atoms with van der Waals surface area (Å²) in [5.74, 6) is -0.0922. The number of alkyl halides is 2. The Balaban J connectivity index is 1.29. The van der Waals surface area contributed by atoms with Gasteiger partial charge in [0.1, 0.15) is 5.60 Å². The van der Waals surface area contributed by atoms with Gasteiger partial charge in [0, 0.05) is 61.7 Å². The fourth-order valence-corrected chi connectivity index (χ4v) is 7.70. The van der Waals surface area contributed by atoms with Gasteiger partial charge in [0.05, 0.1) is 26.0 Å². The molecular formula is C36H44F2N4O4. The van der Waals surface area contributed by atoms with Crippen LogP contribution in [0.1, 0.15) is 93.0 Å². The maximum absolute atomic E-state index is 14.7. The van der Waals surface area contributed by atoms with E-state index in [1.54, 1.807) is 35.1 Å². The summed E-state index contributed by atoms with van der Waals surface area (Å²) in [4.78, 5) is 17.2. The van der Waals surface area contributed by atoms with E-state index in [4.69, 9.17) is 14.2 Å². The van der Waals surface area contributed by atoms with Gasteiger partial charge in [0.2, 0.25) is 0 Å². The van der Waals surface area contributed by atoms with E-state index in [2.05, 4.69) is 22.1 Å². The van der Waals surface area contributed by atoms with Crippen LogP contribution in [0.25, 0.3) is 11.1 Å². The molecule has 246 valence electrons. The highest BCUT2D eigenvalue weighted by molar-refractivity contribution is 5.79. The van der Waals surface area contributed by atoms with Crippen molar-refractivity contribution in [2.24, 2.45) is 7.05 Å². The highest BCUT2D eigenvalue weighted by atomic mass is 19.3. The first-order chi connectivity index (χ1) is 22.0. The fraction of sp³-hybridized carbons (Fsp3) is 0.556. The Morgan fingerprint density at radius 1 is 1.02 bits per heavy atom. The second-order valence-corrected chi connectivity index (χ2v) is 14.2. The van der Waals surface area contributed by atoms with E-state index in [0.717, 1.165) is 61.0 Å². The van der Waals surface area contributed by atoms with Gasteiger partial charge in [-0.15, -0.1) is 0 Å². The van der Waals surface area contributed by atoms with Crippen LogP contribution in [0, 0.1) is 0 Å². The molecule has 7 rings (SSSR count). The molecule has 3 aliphatic heterocycles. The minimum Gasteiger partial charge on any atom is -0.444 e. The van der Waals surface area contributed by atoms with Crippen molar-refractivity contribution in [3.63, 3.8) is 0 Å². The Morgan fingerprint density at radius 2 is 1.78 bits per heavy atom. The van der Waals surface area contributed by atoms with Gasteiger partial charge in [-0.25, -0.2) is 13.6 Å². The SMILES string of the molecule is Cn1cc(-c2cc3c(cc2C(F)F)N(c2cc(C4CCC5(CC4)OCCO5)cc4c2CN(C(=O)OC(C)(C)C)CC4)CCC3)cn1. The summed E-state index contributed by atoms with van der Waals surface area (Å²) in [5.41, 5.74) is 7.05. The van der Waals surface area contributed by atoms with Crippen LogP contribution in [-0.2, 0) is 40.6 Å². The zero-order valence-corrected chi connectivity index (χ0v) is 27.3. The molecule has 0 unspecified atom stereocenters. The summed E-state index contributed by atoms with van der Waals surface area (Å²) in [7, 11) is 1.79. The van der Waals surface area contributed by atoms with Crippen LogP contribution in [0.5, 0.6) is 0 Å². The van der Waals surface area contributed by atoms with Crippen LogP contribution >= 0.6 is 0 Å². The predicted octanol–water partition coefficient (Wildman–Crippen LogP) is 7.80. The summed E-state index contributed by atoms with van der Waals surface area (Å²) in [6, 6.07) is 8.22. The molecule has 2 fully saturated rings. The number of fused-ring (bicyclic) bond motifs is 2. The number of hydrogen-bond acceptors (Lipinski definition) is 6. The molecular weight excluding hydrogens is 590 g/mol. The van der Waals surface area contributed by atoms with Gasteiger partial charge in [-0.1, -0.05) is 6.07 Å². The predicted molar refractivity (Wildman–Crippen MR) is 172 cm³/mol. The van der Waals surface area contributed by atoms with Gasteiger partial charge in [0.25, 0.3) is 6.43 Å². The maximum Gasteiger partial charge on any atom is 0.410 e. The molecule has 1 spiro atoms. The molecule has 1 saturated heterocycles. The highest BCUT2D eigenvalue weighted by Crippen LogP contribution is 2.47. The number of amides is 1. The van der Waals surface area contributed by atoms with Crippen molar-refractivity contribution in [2.75, 3.05) is 31.2 Å². The van der Waals surface area contributed by atoms with Gasteiger partial charge in [0.15, 0.2) is 5.79 Å². The van der Waals surface area contributed by atoms with Crippen LogP contribution in [0.15, 0.2) is 36.7 Å². The third-order valence-electron chi connectivity index (χ3n) is 9.94. The second kappa shape index (κ2) is 11.9. The molecule has 8 nitrogen and oxygen atoms in total. The zero-order valence-electron chi connectivity index (χ0n) is 27.3. The molecule has 0 bridgehead atoms. The van der Waals surface area contributed by atoms with Crippen LogP contribution in [0.4, 0.5) is 25.0 Å². The number of carbonyl (C=O) groups is 1. The van der Waals surface area contributed by atoms with Crippen molar-refractivity contribution in [1.82, 2.24) is 14.7 Å². The molecule has 0 N–H and O–H groups in total. The molecule has 1 aromatic heterocycles. The number of benzene rings is 2. The van der Waals surface area contributed by atoms with Crippen molar-refractivity contribution in [1.29, 1.82) is 0 Å². The Morgan fingerprint density at radius 3 is 2.46 bits per heavy atom. The van der Waals surface area contributed by atoms with E-state index >= 15 is 0 Å². The Kier molecular flexibility index (Phi) is 8.08. The molecule has 2 aromatic carbocycles. The fourth-order valence-electron chi connectivity index (χ4n) is 7.70. The van der Waals surface area contributed by atoms with Crippen molar-refractivity contribution < 1.29 is 27.8 Å². The van der Waals surface area contributed by atoms with Crippen LogP contribution in [-0.4, -0.2) is 58.5 Å². The number of rotatable bonds is 4. The number of halogens is 2. The molecule has 1 aliphatic carbocycles. The van der Waals surface area contributed by atoms with Gasteiger partial charge in [-0.3, -0.25) is 4.68 Å². The van der Waals surface area contributed by atoms with E-state index < -0.39 is 17.8 Å². The third-order valence-corrected chi connectivity index (χ3v) is 9.94. The smallest absolute Gasteiger partial charge is 0.410 e. The molecule has 1 saturated carbocycles. The van der Waals surface area contributed by atoms with E-state index in [1.807, 2.05) is 26.8 Å². The first-order valence-corrected chi connectivity index (χ1v) is 16.6. The topological polar surface area (TPSA) is 69.1 Å². The Labute approximate surface area is 269 Å². The highest BCUT2D eigenvalue weighted by Gasteiger charge is 2.41. The van der Waals surface area contributed by atoms with Crippen molar-refractivity contribution in [3.8, 4) is 11.1 Å². The molecule has 4 aliphatic rings. The summed E-state index contributed by atoms with van der Waals surface area (Å²) in [6.07, 6.45) is 6.51. The number of carbonyl (C=O) groups excluding carboxylic acids is 1. The minimum absolute atomic E-state index is 0.00759.